The molecule has 1 fully saturated rings. The first-order chi connectivity index (χ1) is 11.7. The summed E-state index contributed by atoms with van der Waals surface area (Å²) in [6.07, 6.45) is 3.11. The molecular weight excluding hydrogens is 324 g/mol. The molecule has 0 unspecified atom stereocenters. The van der Waals surface area contributed by atoms with Crippen molar-refractivity contribution < 1.29 is 9.53 Å². The van der Waals surface area contributed by atoms with Crippen molar-refractivity contribution in [3.8, 4) is 5.88 Å². The van der Waals surface area contributed by atoms with Gasteiger partial charge in [-0.15, -0.1) is 11.3 Å². The number of aryl methyl sites for hydroxylation is 1. The van der Waals surface area contributed by atoms with Crippen LogP contribution in [0.3, 0.4) is 0 Å². The van der Waals surface area contributed by atoms with Crippen molar-refractivity contribution in [2.24, 2.45) is 0 Å². The van der Waals surface area contributed by atoms with Crippen molar-refractivity contribution in [2.75, 3.05) is 38.2 Å². The number of anilines is 1. The van der Waals surface area contributed by atoms with Crippen LogP contribution >= 0.6 is 11.3 Å². The lowest BCUT2D eigenvalue weighted by molar-refractivity contribution is -0.130. The first kappa shape index (κ1) is 16.7. The minimum Gasteiger partial charge on any atom is -0.481 e. The summed E-state index contributed by atoms with van der Waals surface area (Å²) >= 11 is 1.69. The van der Waals surface area contributed by atoms with Crippen LogP contribution < -0.4 is 9.64 Å². The van der Waals surface area contributed by atoms with Crippen molar-refractivity contribution in [1.29, 1.82) is 0 Å². The molecule has 3 heterocycles. The molecule has 0 bridgehead atoms. The molecule has 24 heavy (non-hydrogen) atoms. The van der Waals surface area contributed by atoms with Gasteiger partial charge in [-0.1, -0.05) is 0 Å². The van der Waals surface area contributed by atoms with E-state index in [1.54, 1.807) is 30.7 Å². The van der Waals surface area contributed by atoms with Crippen molar-refractivity contribution in [3.05, 3.63) is 34.2 Å². The fourth-order valence-electron chi connectivity index (χ4n) is 2.81. The van der Waals surface area contributed by atoms with E-state index in [1.165, 1.54) is 4.88 Å². The van der Waals surface area contributed by atoms with Gasteiger partial charge in [-0.05, 0) is 25.5 Å². The summed E-state index contributed by atoms with van der Waals surface area (Å²) in [5.41, 5.74) is 0. The molecule has 7 heteroatoms. The van der Waals surface area contributed by atoms with Gasteiger partial charge in [-0.25, -0.2) is 4.98 Å². The number of rotatable bonds is 4. The zero-order chi connectivity index (χ0) is 16.9. The number of ether oxygens (including phenoxy) is 1. The molecule has 3 rings (SSSR count). The first-order valence-corrected chi connectivity index (χ1v) is 8.92. The molecular formula is C17H22N4O2S. The Labute approximate surface area is 146 Å². The van der Waals surface area contributed by atoms with Crippen molar-refractivity contribution in [2.45, 2.75) is 19.8 Å². The molecule has 2 aromatic heterocycles. The quantitative estimate of drug-likeness (QED) is 0.849. The topological polar surface area (TPSA) is 58.6 Å². The van der Waals surface area contributed by atoms with Crippen LogP contribution in [0, 0.1) is 6.92 Å². The van der Waals surface area contributed by atoms with E-state index in [1.807, 2.05) is 11.0 Å². The Morgan fingerprint density at radius 1 is 1.25 bits per heavy atom. The number of thiophene rings is 1. The van der Waals surface area contributed by atoms with Gasteiger partial charge >= 0.3 is 0 Å². The molecule has 1 saturated heterocycles. The summed E-state index contributed by atoms with van der Waals surface area (Å²) in [6.45, 7) is 5.13. The highest BCUT2D eigenvalue weighted by atomic mass is 32.1. The summed E-state index contributed by atoms with van der Waals surface area (Å²) in [5.74, 6) is 1.42. The van der Waals surface area contributed by atoms with Gasteiger partial charge in [0.1, 0.15) is 0 Å². The van der Waals surface area contributed by atoms with Gasteiger partial charge in [-0.3, -0.25) is 4.79 Å². The van der Waals surface area contributed by atoms with Gasteiger partial charge in [0.2, 0.25) is 17.7 Å². The summed E-state index contributed by atoms with van der Waals surface area (Å²) < 4.78 is 5.16. The molecule has 0 aromatic carbocycles. The Bertz CT molecular complexity index is 703. The molecule has 0 radical (unpaired) electrons. The van der Waals surface area contributed by atoms with E-state index in [2.05, 4.69) is 27.9 Å². The number of carbonyl (C=O) groups excluding carboxylic acids is 1. The molecule has 2 aromatic rings. The van der Waals surface area contributed by atoms with Gasteiger partial charge in [0.15, 0.2) is 0 Å². The van der Waals surface area contributed by atoms with Crippen LogP contribution in [0.5, 0.6) is 5.88 Å². The number of methoxy groups -OCH3 is 1. The van der Waals surface area contributed by atoms with E-state index >= 15 is 0 Å². The largest absolute Gasteiger partial charge is 0.481 e. The highest BCUT2D eigenvalue weighted by Gasteiger charge is 2.21. The van der Waals surface area contributed by atoms with Crippen molar-refractivity contribution >= 4 is 23.2 Å². The lowest BCUT2D eigenvalue weighted by Crippen LogP contribution is -2.36. The molecule has 0 aliphatic carbocycles. The number of amides is 1. The van der Waals surface area contributed by atoms with E-state index in [0.717, 1.165) is 30.9 Å². The normalized spacial score (nSPS) is 15.2. The zero-order valence-electron chi connectivity index (χ0n) is 14.1. The smallest absolute Gasteiger partial charge is 0.228 e. The van der Waals surface area contributed by atoms with Crippen LogP contribution in [-0.2, 0) is 11.2 Å². The van der Waals surface area contributed by atoms with E-state index < -0.39 is 0 Å². The van der Waals surface area contributed by atoms with Crippen molar-refractivity contribution in [3.63, 3.8) is 0 Å². The van der Waals surface area contributed by atoms with Crippen LogP contribution in [-0.4, -0.2) is 54.1 Å². The molecule has 0 atom stereocenters. The lowest BCUT2D eigenvalue weighted by atomic mass is 10.3. The third-order valence-corrected chi connectivity index (χ3v) is 5.08. The number of hydrogen-bond donors (Lipinski definition) is 0. The zero-order valence-corrected chi connectivity index (χ0v) is 14.9. The second-order valence-electron chi connectivity index (χ2n) is 5.81. The molecule has 1 aliphatic rings. The Hall–Kier alpha value is -2.15. The predicted octanol–water partition coefficient (Wildman–Crippen LogP) is 2.14. The fourth-order valence-corrected chi connectivity index (χ4v) is 3.69. The molecule has 128 valence electrons. The monoisotopic (exact) mass is 346 g/mol. The molecule has 0 N–H and O–H groups in total. The van der Waals surface area contributed by atoms with Gasteiger partial charge in [0.05, 0.1) is 13.5 Å². The molecule has 1 aliphatic heterocycles. The second-order valence-corrected chi connectivity index (χ2v) is 7.18. The van der Waals surface area contributed by atoms with E-state index in [9.17, 15) is 4.79 Å². The second kappa shape index (κ2) is 7.61. The third-order valence-electron chi connectivity index (χ3n) is 4.08. The van der Waals surface area contributed by atoms with E-state index in [0.29, 0.717) is 24.8 Å². The summed E-state index contributed by atoms with van der Waals surface area (Å²) in [5, 5.41) is 0. The Kier molecular flexibility index (Phi) is 5.30. The van der Waals surface area contributed by atoms with Crippen LogP contribution in [0.15, 0.2) is 24.4 Å². The van der Waals surface area contributed by atoms with E-state index in [-0.39, 0.29) is 5.91 Å². The third kappa shape index (κ3) is 4.03. The molecule has 0 saturated carbocycles. The van der Waals surface area contributed by atoms with Gasteiger partial charge < -0.3 is 14.5 Å². The standard InChI is InChI=1S/C17H22N4O2S/c1-13-4-5-14(24-13)12-16(22)20-8-3-9-21(11-10-20)17-18-7-6-15(19-17)23-2/h4-7H,3,8-12H2,1-2H3. The SMILES string of the molecule is COc1ccnc(N2CCCN(C(=O)Cc3ccc(C)s3)CC2)n1. The average molecular weight is 346 g/mol. The first-order valence-electron chi connectivity index (χ1n) is 8.11. The van der Waals surface area contributed by atoms with Crippen LogP contribution in [0.25, 0.3) is 0 Å². The maximum Gasteiger partial charge on any atom is 0.228 e. The van der Waals surface area contributed by atoms with E-state index in [4.69, 9.17) is 4.74 Å². The highest BCUT2D eigenvalue weighted by Crippen LogP contribution is 2.18. The average Bonchev–Trinajstić information content (AvgIpc) is 2.86. The minimum absolute atomic E-state index is 0.199. The van der Waals surface area contributed by atoms with Crippen LogP contribution in [0.4, 0.5) is 5.95 Å². The predicted molar refractivity (Wildman–Crippen MR) is 94.8 cm³/mol. The maximum atomic E-state index is 12.5. The fraction of sp³-hybridized carbons (Fsp3) is 0.471. The van der Waals surface area contributed by atoms with Gasteiger partial charge in [0.25, 0.3) is 0 Å². The lowest BCUT2D eigenvalue weighted by Gasteiger charge is -2.22. The minimum atomic E-state index is 0.199. The van der Waals surface area contributed by atoms with Crippen molar-refractivity contribution in [1.82, 2.24) is 14.9 Å². The van der Waals surface area contributed by atoms with Gasteiger partial charge in [0, 0.05) is 48.2 Å². The number of carbonyl (C=O) groups is 1. The Balaban J connectivity index is 1.61. The molecule has 0 spiro atoms. The van der Waals surface area contributed by atoms with Crippen LogP contribution in [0.2, 0.25) is 0 Å². The summed E-state index contributed by atoms with van der Waals surface area (Å²) in [4.78, 5) is 27.7. The maximum absolute atomic E-state index is 12.5. The van der Waals surface area contributed by atoms with Crippen LogP contribution in [0.1, 0.15) is 16.2 Å². The molecule has 6 nitrogen and oxygen atoms in total. The summed E-state index contributed by atoms with van der Waals surface area (Å²) in [7, 11) is 1.60. The Morgan fingerprint density at radius 3 is 2.88 bits per heavy atom. The number of aromatic nitrogens is 2. The van der Waals surface area contributed by atoms with Gasteiger partial charge in [-0.2, -0.15) is 4.98 Å². The number of hydrogen-bond acceptors (Lipinski definition) is 6. The Morgan fingerprint density at radius 2 is 2.12 bits per heavy atom. The molecule has 1 amide bonds. The number of nitrogens with zero attached hydrogens (tertiary/aromatic N) is 4. The summed E-state index contributed by atoms with van der Waals surface area (Å²) in [6, 6.07) is 5.85. The highest BCUT2D eigenvalue weighted by molar-refractivity contribution is 7.12.